The fourth-order valence-corrected chi connectivity index (χ4v) is 2.75. The third-order valence-corrected chi connectivity index (χ3v) is 4.13. The summed E-state index contributed by atoms with van der Waals surface area (Å²) in [6.45, 7) is 1.99. The molecule has 3 aromatic carbocycles. The van der Waals surface area contributed by atoms with Crippen molar-refractivity contribution in [3.8, 4) is 5.75 Å². The first-order chi connectivity index (χ1) is 14.5. The zero-order chi connectivity index (χ0) is 21.5. The minimum Gasteiger partial charge on any atom is -0.487 e. The van der Waals surface area contributed by atoms with E-state index in [1.807, 2.05) is 6.07 Å². The molecule has 0 saturated heterocycles. The van der Waals surface area contributed by atoms with Gasteiger partial charge in [-0.25, -0.2) is 0 Å². The Hall–Kier alpha value is -4.20. The number of benzene rings is 3. The number of rotatable bonds is 7. The zero-order valence-electron chi connectivity index (χ0n) is 16.1. The van der Waals surface area contributed by atoms with E-state index in [4.69, 9.17) is 4.74 Å². The van der Waals surface area contributed by atoms with E-state index in [-0.39, 0.29) is 29.5 Å². The van der Waals surface area contributed by atoms with Gasteiger partial charge in [0.05, 0.1) is 11.5 Å². The molecule has 0 spiro atoms. The number of nitrogens with zero attached hydrogens (tertiary/aromatic N) is 1. The molecule has 0 aliphatic rings. The van der Waals surface area contributed by atoms with Gasteiger partial charge in [0.25, 0.3) is 11.8 Å². The highest BCUT2D eigenvalue weighted by Crippen LogP contribution is 2.28. The standard InChI is InChI=1S/C22H19N3O5/c1-2-30-20-12-11-16(13-19(20)25(28)29)22(27)24-18-10-6-9-17(14-18)23-21(26)15-7-4-3-5-8-15/h3-14H,2H2,1H3,(H,23,26)(H,24,27). The molecule has 8 nitrogen and oxygen atoms in total. The first kappa shape index (κ1) is 20.5. The second kappa shape index (κ2) is 9.33. The van der Waals surface area contributed by atoms with E-state index in [2.05, 4.69) is 10.6 Å². The molecular weight excluding hydrogens is 386 g/mol. The summed E-state index contributed by atoms with van der Waals surface area (Å²) in [5.41, 5.74) is 1.27. The van der Waals surface area contributed by atoms with Crippen LogP contribution in [0.3, 0.4) is 0 Å². The van der Waals surface area contributed by atoms with Crippen LogP contribution >= 0.6 is 0 Å². The van der Waals surface area contributed by atoms with E-state index in [1.54, 1.807) is 55.5 Å². The molecule has 3 rings (SSSR count). The molecule has 8 heteroatoms. The van der Waals surface area contributed by atoms with Gasteiger partial charge in [0.2, 0.25) is 0 Å². The average Bonchev–Trinajstić information content (AvgIpc) is 2.75. The molecule has 0 unspecified atom stereocenters. The summed E-state index contributed by atoms with van der Waals surface area (Å²) >= 11 is 0. The molecule has 0 aliphatic carbocycles. The molecule has 0 heterocycles. The molecular formula is C22H19N3O5. The van der Waals surface area contributed by atoms with Crippen molar-refractivity contribution < 1.29 is 19.2 Å². The van der Waals surface area contributed by atoms with Gasteiger partial charge in [0.1, 0.15) is 0 Å². The molecule has 0 aromatic heterocycles. The molecule has 3 aromatic rings. The van der Waals surface area contributed by atoms with Crippen molar-refractivity contribution in [2.45, 2.75) is 6.92 Å². The van der Waals surface area contributed by atoms with Crippen LogP contribution in [0.25, 0.3) is 0 Å². The predicted molar refractivity (Wildman–Crippen MR) is 113 cm³/mol. The Balaban J connectivity index is 1.74. The first-order valence-electron chi connectivity index (χ1n) is 9.17. The van der Waals surface area contributed by atoms with Crippen LogP contribution in [0.4, 0.5) is 17.1 Å². The highest BCUT2D eigenvalue weighted by Gasteiger charge is 2.19. The van der Waals surface area contributed by atoms with Crippen LogP contribution in [0.2, 0.25) is 0 Å². The van der Waals surface area contributed by atoms with Gasteiger partial charge in [-0.2, -0.15) is 0 Å². The highest BCUT2D eigenvalue weighted by atomic mass is 16.6. The minimum atomic E-state index is -0.596. The SMILES string of the molecule is CCOc1ccc(C(=O)Nc2cccc(NC(=O)c3ccccc3)c2)cc1[N+](=O)[O-]. The van der Waals surface area contributed by atoms with Crippen molar-refractivity contribution in [3.63, 3.8) is 0 Å². The predicted octanol–water partition coefficient (Wildman–Crippen LogP) is 4.50. The highest BCUT2D eigenvalue weighted by molar-refractivity contribution is 6.06. The summed E-state index contributed by atoms with van der Waals surface area (Å²) in [5.74, 6) is -0.696. The number of carbonyl (C=O) groups is 2. The van der Waals surface area contributed by atoms with Crippen LogP contribution in [0, 0.1) is 10.1 Å². The van der Waals surface area contributed by atoms with Gasteiger partial charge in [0, 0.05) is 28.6 Å². The molecule has 2 N–H and O–H groups in total. The lowest BCUT2D eigenvalue weighted by molar-refractivity contribution is -0.385. The monoisotopic (exact) mass is 405 g/mol. The molecule has 0 saturated carbocycles. The number of nitro groups is 1. The largest absolute Gasteiger partial charge is 0.487 e. The van der Waals surface area contributed by atoms with Gasteiger partial charge in [-0.15, -0.1) is 0 Å². The van der Waals surface area contributed by atoms with Gasteiger partial charge in [-0.1, -0.05) is 24.3 Å². The topological polar surface area (TPSA) is 111 Å². The van der Waals surface area contributed by atoms with E-state index in [0.717, 1.165) is 0 Å². The maximum absolute atomic E-state index is 12.6. The molecule has 2 amide bonds. The number of anilines is 2. The molecule has 0 fully saturated rings. The lowest BCUT2D eigenvalue weighted by Gasteiger charge is -2.10. The van der Waals surface area contributed by atoms with Crippen LogP contribution in [0.5, 0.6) is 5.75 Å². The average molecular weight is 405 g/mol. The van der Waals surface area contributed by atoms with Gasteiger partial charge in [-0.05, 0) is 49.4 Å². The molecule has 0 radical (unpaired) electrons. The second-order valence-electron chi connectivity index (χ2n) is 6.23. The van der Waals surface area contributed by atoms with Crippen LogP contribution in [0.1, 0.15) is 27.6 Å². The van der Waals surface area contributed by atoms with E-state index in [9.17, 15) is 19.7 Å². The van der Waals surface area contributed by atoms with Crippen molar-refractivity contribution in [2.75, 3.05) is 17.2 Å². The molecule has 0 aliphatic heterocycles. The third kappa shape index (κ3) is 4.99. The molecule has 0 atom stereocenters. The zero-order valence-corrected chi connectivity index (χ0v) is 16.1. The number of amides is 2. The third-order valence-electron chi connectivity index (χ3n) is 4.13. The fourth-order valence-electron chi connectivity index (χ4n) is 2.75. The van der Waals surface area contributed by atoms with Gasteiger partial charge in [0.15, 0.2) is 5.75 Å². The van der Waals surface area contributed by atoms with Gasteiger partial charge >= 0.3 is 5.69 Å². The Kier molecular flexibility index (Phi) is 6.39. The van der Waals surface area contributed by atoms with Crippen LogP contribution in [-0.4, -0.2) is 23.3 Å². The Morgan fingerprint density at radius 3 is 2.10 bits per heavy atom. The van der Waals surface area contributed by atoms with Crippen molar-refractivity contribution in [1.82, 2.24) is 0 Å². The summed E-state index contributed by atoms with van der Waals surface area (Å²) in [6, 6.07) is 19.4. The van der Waals surface area contributed by atoms with Crippen LogP contribution in [0.15, 0.2) is 72.8 Å². The summed E-state index contributed by atoms with van der Waals surface area (Å²) in [6.07, 6.45) is 0. The summed E-state index contributed by atoms with van der Waals surface area (Å²) in [5, 5.41) is 16.7. The first-order valence-corrected chi connectivity index (χ1v) is 9.17. The quantitative estimate of drug-likeness (QED) is 0.444. The summed E-state index contributed by atoms with van der Waals surface area (Å²) < 4.78 is 5.23. The second-order valence-corrected chi connectivity index (χ2v) is 6.23. The molecule has 0 bridgehead atoms. The summed E-state index contributed by atoms with van der Waals surface area (Å²) in [7, 11) is 0. The normalized spacial score (nSPS) is 10.2. The number of nitrogens with one attached hydrogen (secondary N) is 2. The Bertz CT molecular complexity index is 1080. The Labute approximate surface area is 172 Å². The number of hydrogen-bond donors (Lipinski definition) is 2. The molecule has 152 valence electrons. The number of ether oxygens (including phenoxy) is 1. The van der Waals surface area contributed by atoms with Crippen molar-refractivity contribution in [1.29, 1.82) is 0 Å². The number of nitro benzene ring substituents is 1. The maximum Gasteiger partial charge on any atom is 0.311 e. The fraction of sp³-hybridized carbons (Fsp3) is 0.0909. The number of hydrogen-bond acceptors (Lipinski definition) is 5. The van der Waals surface area contributed by atoms with Crippen LogP contribution < -0.4 is 15.4 Å². The van der Waals surface area contributed by atoms with Gasteiger partial charge in [-0.3, -0.25) is 19.7 Å². The van der Waals surface area contributed by atoms with Crippen molar-refractivity contribution in [3.05, 3.63) is 94.0 Å². The minimum absolute atomic E-state index is 0.102. The molecule has 30 heavy (non-hydrogen) atoms. The van der Waals surface area contributed by atoms with Crippen LogP contribution in [-0.2, 0) is 0 Å². The lowest BCUT2D eigenvalue weighted by atomic mass is 10.1. The Morgan fingerprint density at radius 2 is 1.50 bits per heavy atom. The van der Waals surface area contributed by atoms with E-state index in [0.29, 0.717) is 16.9 Å². The lowest BCUT2D eigenvalue weighted by Crippen LogP contribution is -2.14. The van der Waals surface area contributed by atoms with E-state index >= 15 is 0 Å². The smallest absolute Gasteiger partial charge is 0.311 e. The number of carbonyl (C=O) groups excluding carboxylic acids is 2. The van der Waals surface area contributed by atoms with Crippen molar-refractivity contribution in [2.24, 2.45) is 0 Å². The Morgan fingerprint density at radius 1 is 0.867 bits per heavy atom. The van der Waals surface area contributed by atoms with E-state index < -0.39 is 10.8 Å². The van der Waals surface area contributed by atoms with E-state index in [1.165, 1.54) is 18.2 Å². The maximum atomic E-state index is 12.6. The van der Waals surface area contributed by atoms with Gasteiger partial charge < -0.3 is 15.4 Å². The van der Waals surface area contributed by atoms with Crippen molar-refractivity contribution >= 4 is 28.9 Å². The summed E-state index contributed by atoms with van der Waals surface area (Å²) in [4.78, 5) is 35.5.